The Morgan fingerprint density at radius 3 is 2.65 bits per heavy atom. The molecule has 2 fully saturated rings. The Hall–Kier alpha value is -4.29. The lowest BCUT2D eigenvalue weighted by Gasteiger charge is -2.36. The van der Waals surface area contributed by atoms with Gasteiger partial charge in [0.05, 0.1) is 50.0 Å². The van der Waals surface area contributed by atoms with Gasteiger partial charge < -0.3 is 25.0 Å². The molecule has 2 saturated heterocycles. The summed E-state index contributed by atoms with van der Waals surface area (Å²) in [6.45, 7) is 7.74. The summed E-state index contributed by atoms with van der Waals surface area (Å²) in [6, 6.07) is 8.34. The lowest BCUT2D eigenvalue weighted by atomic mass is 10.0. The second kappa shape index (κ2) is 11.8. The number of aromatic nitrogens is 2. The third kappa shape index (κ3) is 5.82. The van der Waals surface area contributed by atoms with Crippen LogP contribution >= 0.6 is 0 Å². The molecule has 210 valence electrons. The van der Waals surface area contributed by atoms with E-state index in [9.17, 15) is 13.6 Å². The maximum absolute atomic E-state index is 13.9. The molecule has 2 aromatic carbocycles. The molecule has 0 saturated carbocycles. The molecular weight excluding hydrogens is 522 g/mol. The maximum Gasteiger partial charge on any atom is 0.247 e. The molecule has 3 aromatic rings. The molecule has 0 radical (unpaired) electrons. The maximum atomic E-state index is 13.9. The molecule has 2 N–H and O–H groups in total. The van der Waals surface area contributed by atoms with Crippen LogP contribution in [0.1, 0.15) is 24.9 Å². The summed E-state index contributed by atoms with van der Waals surface area (Å²) in [4.78, 5) is 28.9. The van der Waals surface area contributed by atoms with Gasteiger partial charge in [0.25, 0.3) is 0 Å². The van der Waals surface area contributed by atoms with Gasteiger partial charge >= 0.3 is 0 Å². The van der Waals surface area contributed by atoms with E-state index in [0.29, 0.717) is 67.1 Å². The van der Waals surface area contributed by atoms with Gasteiger partial charge in [-0.2, -0.15) is 0 Å². The number of amides is 1. The van der Waals surface area contributed by atoms with Gasteiger partial charge in [0.15, 0.2) is 5.82 Å². The standard InChI is InChI=1S/C28H30F2N6O4/c1-4-28(37)34-21-12-22(25(38-3)13-24(21)35-6-8-39-15-17(35)2)33-26-14-27(32-16-31-26)36-23(5-7-40-36)18-9-19(29)11-20(30)10-18/h4,9-14,16-17,23H,1,5-8,15H2,2-3H3,(H,34,37)(H,31,32,33)/t17-,23-/m1/s1. The SMILES string of the molecule is C=CC(=O)Nc1cc(Nc2cc(N3OCC[C@@H]3c3cc(F)cc(F)c3)ncn2)c(OC)cc1N1CCOC[C@H]1C. The van der Waals surface area contributed by atoms with Crippen LogP contribution in [0, 0.1) is 11.6 Å². The summed E-state index contributed by atoms with van der Waals surface area (Å²) in [6.07, 6.45) is 3.09. The molecule has 3 heterocycles. The number of carbonyl (C=O) groups excluding carboxylic acids is 1. The molecule has 10 nitrogen and oxygen atoms in total. The number of hydrogen-bond donors (Lipinski definition) is 2. The van der Waals surface area contributed by atoms with Gasteiger partial charge in [0, 0.05) is 37.2 Å². The molecule has 1 aromatic heterocycles. The van der Waals surface area contributed by atoms with Gasteiger partial charge in [0.1, 0.15) is 29.5 Å². The zero-order valence-electron chi connectivity index (χ0n) is 22.2. The lowest BCUT2D eigenvalue weighted by Crippen LogP contribution is -2.44. The van der Waals surface area contributed by atoms with Gasteiger partial charge in [0.2, 0.25) is 5.91 Å². The van der Waals surface area contributed by atoms with Crippen LogP contribution in [-0.2, 0) is 14.4 Å². The molecular formula is C28H30F2N6O4. The van der Waals surface area contributed by atoms with E-state index in [1.807, 2.05) is 13.0 Å². The van der Waals surface area contributed by atoms with E-state index < -0.39 is 17.7 Å². The van der Waals surface area contributed by atoms with E-state index in [0.717, 1.165) is 11.8 Å². The first-order valence-corrected chi connectivity index (χ1v) is 12.8. The zero-order chi connectivity index (χ0) is 28.2. The minimum Gasteiger partial charge on any atom is -0.494 e. The van der Waals surface area contributed by atoms with Crippen molar-refractivity contribution in [1.29, 1.82) is 0 Å². The van der Waals surface area contributed by atoms with Gasteiger partial charge in [-0.15, -0.1) is 0 Å². The predicted octanol–water partition coefficient (Wildman–Crippen LogP) is 4.74. The Kier molecular flexibility index (Phi) is 8.08. The lowest BCUT2D eigenvalue weighted by molar-refractivity contribution is -0.111. The largest absolute Gasteiger partial charge is 0.494 e. The first kappa shape index (κ1) is 27.3. The Labute approximate surface area is 230 Å². The van der Waals surface area contributed by atoms with Crippen molar-refractivity contribution in [3.63, 3.8) is 0 Å². The Morgan fingerprint density at radius 2 is 1.93 bits per heavy atom. The summed E-state index contributed by atoms with van der Waals surface area (Å²) in [5.41, 5.74) is 2.34. The molecule has 5 rings (SSSR count). The molecule has 1 amide bonds. The topological polar surface area (TPSA) is 101 Å². The van der Waals surface area contributed by atoms with Gasteiger partial charge in [-0.25, -0.2) is 23.8 Å². The van der Waals surface area contributed by atoms with Crippen molar-refractivity contribution in [1.82, 2.24) is 9.97 Å². The number of benzene rings is 2. The summed E-state index contributed by atoms with van der Waals surface area (Å²) < 4.78 is 39.1. The van der Waals surface area contributed by atoms with Crippen LogP contribution in [0.5, 0.6) is 5.75 Å². The highest BCUT2D eigenvalue weighted by Crippen LogP contribution is 2.40. The minimum absolute atomic E-state index is 0.0843. The van der Waals surface area contributed by atoms with E-state index in [-0.39, 0.29) is 11.9 Å². The quantitative estimate of drug-likeness (QED) is 0.384. The van der Waals surface area contributed by atoms with Crippen LogP contribution in [0.25, 0.3) is 0 Å². The van der Waals surface area contributed by atoms with Crippen molar-refractivity contribution < 1.29 is 27.9 Å². The number of halogens is 2. The fourth-order valence-electron chi connectivity index (χ4n) is 4.88. The number of methoxy groups -OCH3 is 1. The summed E-state index contributed by atoms with van der Waals surface area (Å²) >= 11 is 0. The fraction of sp³-hybridized carbons (Fsp3) is 0.321. The highest BCUT2D eigenvalue weighted by atomic mass is 19.1. The second-order valence-corrected chi connectivity index (χ2v) is 9.43. The molecule has 0 bridgehead atoms. The summed E-state index contributed by atoms with van der Waals surface area (Å²) in [5, 5.41) is 7.65. The number of anilines is 5. The average Bonchev–Trinajstić information content (AvgIpc) is 3.44. The Morgan fingerprint density at radius 1 is 1.12 bits per heavy atom. The fourth-order valence-corrected chi connectivity index (χ4v) is 4.88. The van der Waals surface area contributed by atoms with Crippen molar-refractivity contribution in [3.05, 3.63) is 72.6 Å². The predicted molar refractivity (Wildman–Crippen MR) is 147 cm³/mol. The van der Waals surface area contributed by atoms with Gasteiger partial charge in [-0.05, 0) is 36.8 Å². The molecule has 0 aliphatic carbocycles. The highest BCUT2D eigenvalue weighted by Gasteiger charge is 2.30. The number of ether oxygens (including phenoxy) is 2. The molecule has 2 aliphatic heterocycles. The summed E-state index contributed by atoms with van der Waals surface area (Å²) in [7, 11) is 1.56. The molecule has 2 aliphatic rings. The molecule has 40 heavy (non-hydrogen) atoms. The number of hydroxylamine groups is 1. The Balaban J connectivity index is 1.46. The van der Waals surface area contributed by atoms with Crippen molar-refractivity contribution in [2.45, 2.75) is 25.4 Å². The Bertz CT molecular complexity index is 1390. The van der Waals surface area contributed by atoms with Crippen LogP contribution in [0.3, 0.4) is 0 Å². The van der Waals surface area contributed by atoms with Crippen LogP contribution in [0.2, 0.25) is 0 Å². The average molecular weight is 553 g/mol. The smallest absolute Gasteiger partial charge is 0.247 e. The third-order valence-electron chi connectivity index (χ3n) is 6.75. The van der Waals surface area contributed by atoms with E-state index in [1.165, 1.54) is 29.6 Å². The van der Waals surface area contributed by atoms with Gasteiger partial charge in [-0.1, -0.05) is 6.58 Å². The third-order valence-corrected chi connectivity index (χ3v) is 6.75. The second-order valence-electron chi connectivity index (χ2n) is 9.43. The number of carbonyl (C=O) groups is 1. The number of rotatable bonds is 8. The van der Waals surface area contributed by atoms with E-state index >= 15 is 0 Å². The highest BCUT2D eigenvalue weighted by molar-refractivity contribution is 6.02. The molecule has 0 spiro atoms. The van der Waals surface area contributed by atoms with Crippen molar-refractivity contribution in [3.8, 4) is 5.75 Å². The van der Waals surface area contributed by atoms with Gasteiger partial charge in [-0.3, -0.25) is 9.63 Å². The number of morpholine rings is 1. The van der Waals surface area contributed by atoms with E-state index in [1.54, 1.807) is 19.2 Å². The minimum atomic E-state index is -0.659. The molecule has 0 unspecified atom stereocenters. The van der Waals surface area contributed by atoms with Crippen molar-refractivity contribution >= 4 is 34.6 Å². The van der Waals surface area contributed by atoms with E-state index in [4.69, 9.17) is 14.3 Å². The van der Waals surface area contributed by atoms with Crippen LogP contribution in [0.15, 0.2) is 55.4 Å². The molecule has 12 heteroatoms. The van der Waals surface area contributed by atoms with Crippen molar-refractivity contribution in [2.75, 3.05) is 54.1 Å². The molecule has 2 atom stereocenters. The van der Waals surface area contributed by atoms with E-state index in [2.05, 4.69) is 32.1 Å². The monoisotopic (exact) mass is 552 g/mol. The van der Waals surface area contributed by atoms with Crippen molar-refractivity contribution in [2.24, 2.45) is 0 Å². The van der Waals surface area contributed by atoms with Crippen LogP contribution < -0.4 is 25.3 Å². The number of hydrogen-bond acceptors (Lipinski definition) is 9. The number of nitrogens with one attached hydrogen (secondary N) is 2. The first-order chi connectivity index (χ1) is 19.4. The van der Waals surface area contributed by atoms with Crippen LogP contribution in [0.4, 0.5) is 37.5 Å². The number of nitrogens with zero attached hydrogens (tertiary/aromatic N) is 4. The van der Waals surface area contributed by atoms with Crippen LogP contribution in [-0.4, -0.2) is 55.4 Å². The normalized spacial score (nSPS) is 18.9. The summed E-state index contributed by atoms with van der Waals surface area (Å²) in [5.74, 6) is -0.329. The first-order valence-electron chi connectivity index (χ1n) is 12.8. The zero-order valence-corrected chi connectivity index (χ0v) is 22.2.